The lowest BCUT2D eigenvalue weighted by Crippen LogP contribution is -2.27. The first-order chi connectivity index (χ1) is 9.69. The predicted octanol–water partition coefficient (Wildman–Crippen LogP) is 2.98. The highest BCUT2D eigenvalue weighted by atomic mass is 35.5. The van der Waals surface area contributed by atoms with E-state index in [-0.39, 0.29) is 16.5 Å². The largest absolute Gasteiger partial charge is 0.289 e. The van der Waals surface area contributed by atoms with Gasteiger partial charge in [0, 0.05) is 17.9 Å². The minimum absolute atomic E-state index is 0.0764. The van der Waals surface area contributed by atoms with E-state index in [4.69, 9.17) is 11.6 Å². The number of hydrogen-bond acceptors (Lipinski definition) is 5. The van der Waals surface area contributed by atoms with E-state index in [9.17, 15) is 18.5 Å². The molecule has 1 aromatic rings. The molecule has 0 saturated heterocycles. The van der Waals surface area contributed by atoms with Gasteiger partial charge in [0.25, 0.3) is 5.69 Å². The molecule has 6 nitrogen and oxygen atoms in total. The summed E-state index contributed by atoms with van der Waals surface area (Å²) in [6.07, 6.45) is 2.63. The lowest BCUT2D eigenvalue weighted by Gasteiger charge is -2.11. The lowest BCUT2D eigenvalue weighted by molar-refractivity contribution is -0.384. The third-order valence-corrected chi connectivity index (χ3v) is 5.92. The first kappa shape index (κ1) is 18.2. The number of halogens is 1. The second kappa shape index (κ2) is 7.44. The molecule has 0 amide bonds. The molecular weight excluding hydrogens is 336 g/mol. The summed E-state index contributed by atoms with van der Waals surface area (Å²) in [4.78, 5) is 10.0. The third-order valence-electron chi connectivity index (χ3n) is 2.98. The summed E-state index contributed by atoms with van der Waals surface area (Å²) < 4.78 is 26.9. The summed E-state index contributed by atoms with van der Waals surface area (Å²) in [5.74, 6) is 0. The van der Waals surface area contributed by atoms with Crippen LogP contribution in [0.2, 0.25) is 5.02 Å². The van der Waals surface area contributed by atoms with E-state index in [2.05, 4.69) is 4.72 Å². The van der Waals surface area contributed by atoms with Gasteiger partial charge in [-0.2, -0.15) is 11.8 Å². The predicted molar refractivity (Wildman–Crippen MR) is 85.6 cm³/mol. The first-order valence-electron chi connectivity index (χ1n) is 6.16. The number of thioether (sulfide) groups is 1. The zero-order valence-corrected chi connectivity index (χ0v) is 14.3. The summed E-state index contributed by atoms with van der Waals surface area (Å²) >= 11 is 7.39. The van der Waals surface area contributed by atoms with Crippen molar-refractivity contribution in [2.75, 3.05) is 12.8 Å². The van der Waals surface area contributed by atoms with E-state index in [1.807, 2.05) is 13.2 Å². The van der Waals surface area contributed by atoms with Crippen molar-refractivity contribution in [2.45, 2.75) is 30.4 Å². The Morgan fingerprint density at radius 3 is 2.62 bits per heavy atom. The van der Waals surface area contributed by atoms with Crippen molar-refractivity contribution in [3.05, 3.63) is 32.8 Å². The second-order valence-electron chi connectivity index (χ2n) is 4.56. The van der Waals surface area contributed by atoms with Gasteiger partial charge >= 0.3 is 0 Å². The van der Waals surface area contributed by atoms with Crippen LogP contribution >= 0.6 is 23.4 Å². The van der Waals surface area contributed by atoms with Crippen LogP contribution in [0.15, 0.2) is 17.0 Å². The van der Waals surface area contributed by atoms with Crippen molar-refractivity contribution >= 4 is 39.1 Å². The molecule has 0 radical (unpaired) electrons. The maximum atomic E-state index is 12.2. The van der Waals surface area contributed by atoms with Gasteiger partial charge in [-0.15, -0.1) is 0 Å². The van der Waals surface area contributed by atoms with Crippen molar-refractivity contribution in [1.29, 1.82) is 0 Å². The fraction of sp³-hybridized carbons (Fsp3) is 0.500. The van der Waals surface area contributed by atoms with Crippen molar-refractivity contribution < 1.29 is 13.3 Å². The smallest absolute Gasteiger partial charge is 0.258 e. The van der Waals surface area contributed by atoms with Gasteiger partial charge in [0.1, 0.15) is 5.02 Å². The van der Waals surface area contributed by atoms with Crippen LogP contribution in [0, 0.1) is 17.0 Å². The average molecular weight is 353 g/mol. The molecule has 0 bridgehead atoms. The summed E-state index contributed by atoms with van der Waals surface area (Å²) in [5, 5.41) is 11.1. The van der Waals surface area contributed by atoms with Crippen LogP contribution in [0.4, 0.5) is 5.69 Å². The van der Waals surface area contributed by atoms with Gasteiger partial charge in [-0.1, -0.05) is 18.5 Å². The molecule has 0 aromatic heterocycles. The number of rotatable bonds is 7. The van der Waals surface area contributed by atoms with Crippen LogP contribution in [0.25, 0.3) is 0 Å². The van der Waals surface area contributed by atoms with E-state index < -0.39 is 20.6 Å². The number of nitrogens with zero attached hydrogens (tertiary/aromatic N) is 1. The van der Waals surface area contributed by atoms with Gasteiger partial charge in [-0.3, -0.25) is 10.1 Å². The Balaban J connectivity index is 3.03. The standard InChI is InChI=1S/C12H17ClN2O4S2/c1-8-6-10(13)11(15(16)17)7-12(8)21(18,19)14-5-4-9(2)20-3/h6-7,9,14H,4-5H2,1-3H3. The van der Waals surface area contributed by atoms with Crippen molar-refractivity contribution in [3.63, 3.8) is 0 Å². The Morgan fingerprint density at radius 2 is 2.10 bits per heavy atom. The number of nitro groups is 1. The summed E-state index contributed by atoms with van der Waals surface area (Å²) in [5.41, 5.74) is -0.0452. The van der Waals surface area contributed by atoms with Gasteiger partial charge in [0.2, 0.25) is 10.0 Å². The zero-order chi connectivity index (χ0) is 16.2. The molecule has 0 fully saturated rings. The van der Waals surface area contributed by atoms with Gasteiger partial charge in [0.15, 0.2) is 0 Å². The average Bonchev–Trinajstić information content (AvgIpc) is 2.37. The molecule has 0 spiro atoms. The van der Waals surface area contributed by atoms with E-state index in [0.29, 0.717) is 17.2 Å². The maximum Gasteiger partial charge on any atom is 0.289 e. The van der Waals surface area contributed by atoms with Crippen LogP contribution in [-0.4, -0.2) is 31.4 Å². The molecular formula is C12H17ClN2O4S2. The second-order valence-corrected chi connectivity index (χ2v) is 7.98. The molecule has 0 aliphatic carbocycles. The normalized spacial score (nSPS) is 13.1. The Kier molecular flexibility index (Phi) is 6.45. The highest BCUT2D eigenvalue weighted by molar-refractivity contribution is 7.99. The Hall–Kier alpha value is -0.830. The molecule has 0 heterocycles. The number of hydrogen-bond donors (Lipinski definition) is 1. The summed E-state index contributed by atoms with van der Waals surface area (Å²) in [6.45, 7) is 3.83. The van der Waals surface area contributed by atoms with Gasteiger partial charge < -0.3 is 0 Å². The monoisotopic (exact) mass is 352 g/mol. The van der Waals surface area contributed by atoms with Crippen molar-refractivity contribution in [3.8, 4) is 0 Å². The molecule has 9 heteroatoms. The molecule has 118 valence electrons. The lowest BCUT2D eigenvalue weighted by atomic mass is 10.2. The summed E-state index contributed by atoms with van der Waals surface area (Å²) in [7, 11) is -3.79. The van der Waals surface area contributed by atoms with Gasteiger partial charge in [0.05, 0.1) is 9.82 Å². The molecule has 1 atom stereocenters. The van der Waals surface area contributed by atoms with E-state index in [1.54, 1.807) is 18.7 Å². The Morgan fingerprint density at radius 1 is 1.48 bits per heavy atom. The van der Waals surface area contributed by atoms with Gasteiger partial charge in [-0.05, 0) is 31.2 Å². The quantitative estimate of drug-likeness (QED) is 0.602. The third kappa shape index (κ3) is 4.84. The summed E-state index contributed by atoms with van der Waals surface area (Å²) in [6, 6.07) is 2.29. The zero-order valence-electron chi connectivity index (χ0n) is 11.9. The van der Waals surface area contributed by atoms with Crippen molar-refractivity contribution in [1.82, 2.24) is 4.72 Å². The fourth-order valence-corrected chi connectivity index (χ4v) is 3.60. The van der Waals surface area contributed by atoms with E-state index >= 15 is 0 Å². The molecule has 1 aromatic carbocycles. The highest BCUT2D eigenvalue weighted by Crippen LogP contribution is 2.30. The first-order valence-corrected chi connectivity index (χ1v) is 9.31. The number of aryl methyl sites for hydroxylation is 1. The highest BCUT2D eigenvalue weighted by Gasteiger charge is 2.23. The van der Waals surface area contributed by atoms with Crippen LogP contribution in [0.5, 0.6) is 0 Å². The molecule has 0 aliphatic rings. The number of nitrogens with one attached hydrogen (secondary N) is 1. The van der Waals surface area contributed by atoms with Crippen LogP contribution in [0.3, 0.4) is 0 Å². The molecule has 1 N–H and O–H groups in total. The van der Waals surface area contributed by atoms with E-state index in [1.165, 1.54) is 6.07 Å². The number of nitro benzene ring substituents is 1. The molecule has 1 unspecified atom stereocenters. The van der Waals surface area contributed by atoms with Gasteiger partial charge in [-0.25, -0.2) is 13.1 Å². The van der Waals surface area contributed by atoms with Crippen LogP contribution in [-0.2, 0) is 10.0 Å². The Labute approximate surface area is 133 Å². The minimum Gasteiger partial charge on any atom is -0.258 e. The number of benzene rings is 1. The maximum absolute atomic E-state index is 12.2. The van der Waals surface area contributed by atoms with Crippen molar-refractivity contribution in [2.24, 2.45) is 0 Å². The topological polar surface area (TPSA) is 89.3 Å². The molecule has 1 rings (SSSR count). The number of sulfonamides is 1. The fourth-order valence-electron chi connectivity index (χ4n) is 1.66. The molecule has 0 saturated carbocycles. The SMILES string of the molecule is CSC(C)CCNS(=O)(=O)c1cc([N+](=O)[O-])c(Cl)cc1C. The molecule has 0 aliphatic heterocycles. The molecule has 21 heavy (non-hydrogen) atoms. The van der Waals surface area contributed by atoms with Crippen LogP contribution in [0.1, 0.15) is 18.9 Å². The Bertz CT molecular complexity index is 634. The minimum atomic E-state index is -3.79. The van der Waals surface area contributed by atoms with E-state index in [0.717, 1.165) is 6.07 Å². The van der Waals surface area contributed by atoms with Crippen LogP contribution < -0.4 is 4.72 Å².